The van der Waals surface area contributed by atoms with Gasteiger partial charge in [-0.2, -0.15) is 0 Å². The second-order valence-corrected chi connectivity index (χ2v) is 4.14. The summed E-state index contributed by atoms with van der Waals surface area (Å²) in [5, 5.41) is 5.51. The molecule has 0 amide bonds. The number of nitrogens with zero attached hydrogens (tertiary/aromatic N) is 1. The van der Waals surface area contributed by atoms with Gasteiger partial charge < -0.3 is 10.1 Å². The Morgan fingerprint density at radius 2 is 1.89 bits per heavy atom. The zero-order valence-corrected chi connectivity index (χ0v) is 11.0. The fraction of sp³-hybridized carbons (Fsp3) is 0.267. The summed E-state index contributed by atoms with van der Waals surface area (Å²) in [5.74, 6) is 1.88. The Morgan fingerprint density at radius 1 is 1.17 bits per heavy atom. The second-order valence-electron chi connectivity index (χ2n) is 4.14. The zero-order chi connectivity index (χ0) is 13.0. The lowest BCUT2D eigenvalue weighted by atomic mass is 10.0. The van der Waals surface area contributed by atoms with E-state index in [1.165, 1.54) is 16.3 Å². The lowest BCUT2D eigenvalue weighted by Gasteiger charge is -2.07. The molecular formula is C15H18N2O. The Kier molecular flexibility index (Phi) is 3.82. The molecule has 1 N–H and O–H groups in total. The number of hydrogen-bond donors (Lipinski definition) is 1. The third-order valence-corrected chi connectivity index (χ3v) is 3.04. The number of methoxy groups -OCH3 is 1. The summed E-state index contributed by atoms with van der Waals surface area (Å²) in [6.45, 7) is 0. The van der Waals surface area contributed by atoms with Gasteiger partial charge in [-0.05, 0) is 28.5 Å². The Hall–Kier alpha value is -2.03. The van der Waals surface area contributed by atoms with E-state index in [9.17, 15) is 0 Å². The van der Waals surface area contributed by atoms with Crippen LogP contribution in [0.15, 0.2) is 41.4 Å². The summed E-state index contributed by atoms with van der Waals surface area (Å²) in [6.07, 6.45) is 0.828. The minimum Gasteiger partial charge on any atom is -0.497 e. The van der Waals surface area contributed by atoms with Crippen LogP contribution in [0.5, 0.6) is 5.75 Å². The van der Waals surface area contributed by atoms with Crippen molar-refractivity contribution in [3.05, 3.63) is 42.0 Å². The minimum atomic E-state index is 0.828. The zero-order valence-electron chi connectivity index (χ0n) is 11.0. The number of likely N-dealkylation sites (N-methyl/N-ethyl adjacent to an activating group) is 1. The molecule has 0 bridgehead atoms. The van der Waals surface area contributed by atoms with Crippen LogP contribution in [-0.4, -0.2) is 27.0 Å². The molecule has 0 radical (unpaired) electrons. The average molecular weight is 242 g/mol. The first-order valence-corrected chi connectivity index (χ1v) is 5.97. The van der Waals surface area contributed by atoms with Crippen molar-refractivity contribution < 1.29 is 4.74 Å². The molecule has 0 aliphatic heterocycles. The summed E-state index contributed by atoms with van der Waals surface area (Å²) >= 11 is 0. The molecule has 0 unspecified atom stereocenters. The van der Waals surface area contributed by atoms with Gasteiger partial charge in [0.1, 0.15) is 11.6 Å². The van der Waals surface area contributed by atoms with Crippen molar-refractivity contribution in [2.45, 2.75) is 6.42 Å². The predicted octanol–water partition coefficient (Wildman–Crippen LogP) is 2.64. The van der Waals surface area contributed by atoms with Gasteiger partial charge in [-0.15, -0.1) is 0 Å². The molecule has 0 atom stereocenters. The van der Waals surface area contributed by atoms with Crippen LogP contribution in [0, 0.1) is 0 Å². The standard InChI is InChI=1S/C15H18N2O/c1-16-15(17-2)9-11-4-5-13-10-14(18-3)7-6-12(13)8-11/h4-8,10H,9H2,1-3H3,(H,16,17). The molecule has 3 heteroatoms. The van der Waals surface area contributed by atoms with Crippen LogP contribution < -0.4 is 10.1 Å². The van der Waals surface area contributed by atoms with Crippen LogP contribution >= 0.6 is 0 Å². The molecule has 94 valence electrons. The maximum atomic E-state index is 5.22. The molecule has 2 aromatic carbocycles. The van der Waals surface area contributed by atoms with Gasteiger partial charge in [-0.1, -0.05) is 24.3 Å². The summed E-state index contributed by atoms with van der Waals surface area (Å²) in [5.41, 5.74) is 1.25. The Bertz CT molecular complexity index is 576. The summed E-state index contributed by atoms with van der Waals surface area (Å²) in [6, 6.07) is 12.6. The molecule has 0 aliphatic rings. The predicted molar refractivity (Wildman–Crippen MR) is 76.6 cm³/mol. The van der Waals surface area contributed by atoms with E-state index in [-0.39, 0.29) is 0 Å². The van der Waals surface area contributed by atoms with Gasteiger partial charge in [0.15, 0.2) is 0 Å². The first kappa shape index (κ1) is 12.4. The highest BCUT2D eigenvalue weighted by Crippen LogP contribution is 2.22. The van der Waals surface area contributed by atoms with Crippen LogP contribution in [0.1, 0.15) is 5.56 Å². The van der Waals surface area contributed by atoms with E-state index in [1.807, 2.05) is 19.2 Å². The number of nitrogens with one attached hydrogen (secondary N) is 1. The Balaban J connectivity index is 2.33. The average Bonchev–Trinajstić information content (AvgIpc) is 2.44. The largest absolute Gasteiger partial charge is 0.497 e. The third-order valence-electron chi connectivity index (χ3n) is 3.04. The van der Waals surface area contributed by atoms with E-state index < -0.39 is 0 Å². The highest BCUT2D eigenvalue weighted by Gasteiger charge is 2.01. The molecule has 0 heterocycles. The normalized spacial score (nSPS) is 11.6. The van der Waals surface area contributed by atoms with Crippen molar-refractivity contribution in [2.24, 2.45) is 4.99 Å². The van der Waals surface area contributed by atoms with Gasteiger partial charge in [0, 0.05) is 20.5 Å². The molecule has 0 saturated carbocycles. The fourth-order valence-corrected chi connectivity index (χ4v) is 1.98. The van der Waals surface area contributed by atoms with Crippen LogP contribution in [0.25, 0.3) is 10.8 Å². The number of fused-ring (bicyclic) bond motifs is 1. The first-order valence-electron chi connectivity index (χ1n) is 5.97. The van der Waals surface area contributed by atoms with E-state index in [1.54, 1.807) is 14.2 Å². The SMILES string of the molecule is CN=C(Cc1ccc2cc(OC)ccc2c1)NC. The third kappa shape index (κ3) is 2.62. The summed E-state index contributed by atoms with van der Waals surface area (Å²) < 4.78 is 5.22. The van der Waals surface area contributed by atoms with E-state index >= 15 is 0 Å². The summed E-state index contributed by atoms with van der Waals surface area (Å²) in [7, 11) is 5.39. The molecule has 18 heavy (non-hydrogen) atoms. The van der Waals surface area contributed by atoms with Gasteiger partial charge in [0.2, 0.25) is 0 Å². The number of rotatable bonds is 3. The van der Waals surface area contributed by atoms with Crippen molar-refractivity contribution in [1.82, 2.24) is 5.32 Å². The van der Waals surface area contributed by atoms with Crippen LogP contribution in [0.4, 0.5) is 0 Å². The van der Waals surface area contributed by atoms with Crippen LogP contribution in [-0.2, 0) is 6.42 Å². The molecule has 2 rings (SSSR count). The molecule has 3 nitrogen and oxygen atoms in total. The molecule has 0 aromatic heterocycles. The van der Waals surface area contributed by atoms with Crippen molar-refractivity contribution in [3.8, 4) is 5.75 Å². The van der Waals surface area contributed by atoms with Gasteiger partial charge in [0.25, 0.3) is 0 Å². The van der Waals surface area contributed by atoms with Gasteiger partial charge in [0.05, 0.1) is 7.11 Å². The number of ether oxygens (including phenoxy) is 1. The molecule has 0 aliphatic carbocycles. The van der Waals surface area contributed by atoms with E-state index in [0.29, 0.717) is 0 Å². The number of aliphatic imine (C=N–C) groups is 1. The van der Waals surface area contributed by atoms with Crippen LogP contribution in [0.3, 0.4) is 0 Å². The van der Waals surface area contributed by atoms with Gasteiger partial charge in [-0.3, -0.25) is 4.99 Å². The van der Waals surface area contributed by atoms with Crippen molar-refractivity contribution in [1.29, 1.82) is 0 Å². The van der Waals surface area contributed by atoms with Crippen molar-refractivity contribution in [3.63, 3.8) is 0 Å². The number of amidine groups is 1. The maximum Gasteiger partial charge on any atom is 0.119 e. The molecule has 0 fully saturated rings. The van der Waals surface area contributed by atoms with Crippen molar-refractivity contribution >= 4 is 16.6 Å². The number of benzene rings is 2. The quantitative estimate of drug-likeness (QED) is 0.663. The van der Waals surface area contributed by atoms with E-state index in [2.05, 4.69) is 34.6 Å². The smallest absolute Gasteiger partial charge is 0.119 e. The maximum absolute atomic E-state index is 5.22. The van der Waals surface area contributed by atoms with E-state index in [4.69, 9.17) is 4.74 Å². The van der Waals surface area contributed by atoms with Gasteiger partial charge >= 0.3 is 0 Å². The van der Waals surface area contributed by atoms with Crippen LogP contribution in [0.2, 0.25) is 0 Å². The van der Waals surface area contributed by atoms with Crippen molar-refractivity contribution in [2.75, 3.05) is 21.2 Å². The number of hydrogen-bond acceptors (Lipinski definition) is 2. The highest BCUT2D eigenvalue weighted by atomic mass is 16.5. The second kappa shape index (κ2) is 5.54. The first-order chi connectivity index (χ1) is 8.76. The molecule has 0 saturated heterocycles. The fourth-order valence-electron chi connectivity index (χ4n) is 1.98. The van der Waals surface area contributed by atoms with E-state index in [0.717, 1.165) is 18.0 Å². The molecule has 0 spiro atoms. The monoisotopic (exact) mass is 242 g/mol. The Labute approximate surface area is 107 Å². The lowest BCUT2D eigenvalue weighted by molar-refractivity contribution is 0.415. The summed E-state index contributed by atoms with van der Waals surface area (Å²) in [4.78, 5) is 4.19. The molecular weight excluding hydrogens is 224 g/mol. The van der Waals surface area contributed by atoms with Gasteiger partial charge in [-0.25, -0.2) is 0 Å². The Morgan fingerprint density at radius 3 is 2.56 bits per heavy atom. The lowest BCUT2D eigenvalue weighted by Crippen LogP contribution is -2.20. The highest BCUT2D eigenvalue weighted by molar-refractivity contribution is 5.88. The molecule has 2 aromatic rings. The minimum absolute atomic E-state index is 0.828. The topological polar surface area (TPSA) is 33.6 Å².